The molecule has 0 spiro atoms. The SMILES string of the molecule is CCC(C)C(O)CNC(=O)C1(C)CCNC1. The van der Waals surface area contributed by atoms with E-state index in [0.29, 0.717) is 6.54 Å². The first-order valence-electron chi connectivity index (χ1n) is 6.16. The molecule has 1 aliphatic rings. The number of rotatable bonds is 5. The Morgan fingerprint density at radius 2 is 2.31 bits per heavy atom. The zero-order valence-corrected chi connectivity index (χ0v) is 10.5. The Morgan fingerprint density at radius 3 is 2.81 bits per heavy atom. The van der Waals surface area contributed by atoms with Crippen molar-refractivity contribution in [2.24, 2.45) is 11.3 Å². The highest BCUT2D eigenvalue weighted by Crippen LogP contribution is 2.24. The molecule has 0 aromatic heterocycles. The normalized spacial score (nSPS) is 28.8. The predicted molar refractivity (Wildman–Crippen MR) is 64.1 cm³/mol. The summed E-state index contributed by atoms with van der Waals surface area (Å²) in [7, 11) is 0. The molecule has 16 heavy (non-hydrogen) atoms. The van der Waals surface area contributed by atoms with Crippen LogP contribution in [0.1, 0.15) is 33.6 Å². The molecule has 1 rings (SSSR count). The highest BCUT2D eigenvalue weighted by Gasteiger charge is 2.36. The summed E-state index contributed by atoms with van der Waals surface area (Å²) in [5.41, 5.74) is -0.296. The maximum atomic E-state index is 11.9. The molecule has 94 valence electrons. The molecule has 0 aromatic rings. The average molecular weight is 228 g/mol. The Hall–Kier alpha value is -0.610. The van der Waals surface area contributed by atoms with Crippen LogP contribution in [-0.2, 0) is 4.79 Å². The summed E-state index contributed by atoms with van der Waals surface area (Å²) in [5, 5.41) is 15.8. The molecular formula is C12H24N2O2. The van der Waals surface area contributed by atoms with E-state index in [1.54, 1.807) is 0 Å². The summed E-state index contributed by atoms with van der Waals surface area (Å²) in [6, 6.07) is 0. The predicted octanol–water partition coefficient (Wildman–Crippen LogP) is 0.509. The number of amides is 1. The first-order valence-corrected chi connectivity index (χ1v) is 6.16. The van der Waals surface area contributed by atoms with Gasteiger partial charge in [-0.25, -0.2) is 0 Å². The summed E-state index contributed by atoms with van der Waals surface area (Å²) in [6.07, 6.45) is 1.36. The van der Waals surface area contributed by atoms with E-state index < -0.39 is 6.10 Å². The lowest BCUT2D eigenvalue weighted by molar-refractivity contribution is -0.129. The van der Waals surface area contributed by atoms with Crippen molar-refractivity contribution < 1.29 is 9.90 Å². The fourth-order valence-corrected chi connectivity index (χ4v) is 1.89. The lowest BCUT2D eigenvalue weighted by Gasteiger charge is -2.24. The molecule has 4 heteroatoms. The number of carbonyl (C=O) groups is 1. The van der Waals surface area contributed by atoms with Crippen LogP contribution in [0, 0.1) is 11.3 Å². The van der Waals surface area contributed by atoms with Crippen LogP contribution in [-0.4, -0.2) is 36.8 Å². The molecule has 3 atom stereocenters. The van der Waals surface area contributed by atoms with E-state index >= 15 is 0 Å². The van der Waals surface area contributed by atoms with Gasteiger partial charge in [0.2, 0.25) is 5.91 Å². The van der Waals surface area contributed by atoms with Crippen LogP contribution in [0.4, 0.5) is 0 Å². The third-order valence-corrected chi connectivity index (χ3v) is 3.69. The average Bonchev–Trinajstić information content (AvgIpc) is 2.72. The molecular weight excluding hydrogens is 204 g/mol. The smallest absolute Gasteiger partial charge is 0.227 e. The third kappa shape index (κ3) is 3.19. The summed E-state index contributed by atoms with van der Waals surface area (Å²) in [5.74, 6) is 0.287. The van der Waals surface area contributed by atoms with Gasteiger partial charge in [-0.1, -0.05) is 20.3 Å². The van der Waals surface area contributed by atoms with Crippen molar-refractivity contribution in [2.75, 3.05) is 19.6 Å². The Kier molecular flexibility index (Phi) is 4.74. The number of aliphatic hydroxyl groups excluding tert-OH is 1. The molecule has 1 saturated heterocycles. The van der Waals surface area contributed by atoms with E-state index in [2.05, 4.69) is 10.6 Å². The molecule has 1 aliphatic heterocycles. The molecule has 1 fully saturated rings. The molecule has 0 aliphatic carbocycles. The molecule has 0 saturated carbocycles. The van der Waals surface area contributed by atoms with Gasteiger partial charge in [0, 0.05) is 13.1 Å². The molecule has 3 N–H and O–H groups in total. The number of hydrogen-bond acceptors (Lipinski definition) is 3. The fourth-order valence-electron chi connectivity index (χ4n) is 1.89. The van der Waals surface area contributed by atoms with Gasteiger partial charge in [0.1, 0.15) is 0 Å². The van der Waals surface area contributed by atoms with Crippen molar-refractivity contribution in [1.29, 1.82) is 0 Å². The minimum absolute atomic E-state index is 0.0554. The molecule has 0 aromatic carbocycles. The fraction of sp³-hybridized carbons (Fsp3) is 0.917. The van der Waals surface area contributed by atoms with Crippen molar-refractivity contribution in [3.8, 4) is 0 Å². The van der Waals surface area contributed by atoms with Crippen LogP contribution in [0.15, 0.2) is 0 Å². The topological polar surface area (TPSA) is 61.4 Å². The second-order valence-corrected chi connectivity index (χ2v) is 5.15. The minimum Gasteiger partial charge on any atom is -0.391 e. The molecule has 1 heterocycles. The first kappa shape index (κ1) is 13.5. The maximum Gasteiger partial charge on any atom is 0.227 e. The van der Waals surface area contributed by atoms with E-state index in [1.807, 2.05) is 20.8 Å². The summed E-state index contributed by atoms with van der Waals surface area (Å²) in [4.78, 5) is 11.9. The number of aliphatic hydroxyl groups is 1. The number of nitrogens with one attached hydrogen (secondary N) is 2. The van der Waals surface area contributed by atoms with Gasteiger partial charge in [-0.05, 0) is 25.8 Å². The zero-order valence-electron chi connectivity index (χ0n) is 10.5. The van der Waals surface area contributed by atoms with Gasteiger partial charge in [0.05, 0.1) is 11.5 Å². The third-order valence-electron chi connectivity index (χ3n) is 3.69. The van der Waals surface area contributed by atoms with E-state index in [4.69, 9.17) is 0 Å². The summed E-state index contributed by atoms with van der Waals surface area (Å²) >= 11 is 0. The Labute approximate surface area is 97.8 Å². The van der Waals surface area contributed by atoms with Gasteiger partial charge in [-0.2, -0.15) is 0 Å². The Balaban J connectivity index is 2.35. The highest BCUT2D eigenvalue weighted by molar-refractivity contribution is 5.82. The molecule has 4 nitrogen and oxygen atoms in total. The number of hydrogen-bond donors (Lipinski definition) is 3. The van der Waals surface area contributed by atoms with E-state index in [-0.39, 0.29) is 17.2 Å². The van der Waals surface area contributed by atoms with Crippen LogP contribution >= 0.6 is 0 Å². The molecule has 1 amide bonds. The monoisotopic (exact) mass is 228 g/mol. The highest BCUT2D eigenvalue weighted by atomic mass is 16.3. The van der Waals surface area contributed by atoms with Crippen molar-refractivity contribution in [3.63, 3.8) is 0 Å². The standard InChI is InChI=1S/C12H24N2O2/c1-4-9(2)10(15)7-14-11(16)12(3)5-6-13-8-12/h9-10,13,15H,4-8H2,1-3H3,(H,14,16). The van der Waals surface area contributed by atoms with Gasteiger partial charge < -0.3 is 15.7 Å². The van der Waals surface area contributed by atoms with Crippen molar-refractivity contribution in [2.45, 2.75) is 39.7 Å². The zero-order chi connectivity index (χ0) is 12.2. The van der Waals surface area contributed by atoms with Crippen LogP contribution in [0.3, 0.4) is 0 Å². The van der Waals surface area contributed by atoms with Crippen molar-refractivity contribution >= 4 is 5.91 Å². The summed E-state index contributed by atoms with van der Waals surface area (Å²) < 4.78 is 0. The second kappa shape index (κ2) is 5.64. The van der Waals surface area contributed by atoms with E-state index in [0.717, 1.165) is 25.9 Å². The molecule has 0 radical (unpaired) electrons. The van der Waals surface area contributed by atoms with E-state index in [1.165, 1.54) is 0 Å². The van der Waals surface area contributed by atoms with Crippen LogP contribution in [0.5, 0.6) is 0 Å². The number of carbonyl (C=O) groups excluding carboxylic acids is 1. The Bertz CT molecular complexity index is 237. The van der Waals surface area contributed by atoms with Crippen LogP contribution < -0.4 is 10.6 Å². The van der Waals surface area contributed by atoms with Crippen LogP contribution in [0.25, 0.3) is 0 Å². The lowest BCUT2D eigenvalue weighted by atomic mass is 9.88. The lowest BCUT2D eigenvalue weighted by Crippen LogP contribution is -2.44. The van der Waals surface area contributed by atoms with Gasteiger partial charge in [-0.15, -0.1) is 0 Å². The first-order chi connectivity index (χ1) is 7.49. The van der Waals surface area contributed by atoms with E-state index in [9.17, 15) is 9.90 Å². The van der Waals surface area contributed by atoms with Gasteiger partial charge in [0.25, 0.3) is 0 Å². The van der Waals surface area contributed by atoms with Gasteiger partial charge in [-0.3, -0.25) is 4.79 Å². The van der Waals surface area contributed by atoms with Crippen molar-refractivity contribution in [1.82, 2.24) is 10.6 Å². The second-order valence-electron chi connectivity index (χ2n) is 5.15. The van der Waals surface area contributed by atoms with Crippen LogP contribution in [0.2, 0.25) is 0 Å². The minimum atomic E-state index is -0.438. The Morgan fingerprint density at radius 1 is 1.62 bits per heavy atom. The van der Waals surface area contributed by atoms with Gasteiger partial charge in [0.15, 0.2) is 0 Å². The molecule has 0 bridgehead atoms. The maximum absolute atomic E-state index is 11.9. The largest absolute Gasteiger partial charge is 0.391 e. The van der Waals surface area contributed by atoms with Gasteiger partial charge >= 0.3 is 0 Å². The van der Waals surface area contributed by atoms with Crippen molar-refractivity contribution in [3.05, 3.63) is 0 Å². The quantitative estimate of drug-likeness (QED) is 0.642. The summed E-state index contributed by atoms with van der Waals surface area (Å²) in [6.45, 7) is 8.01. The molecule has 3 unspecified atom stereocenters.